The van der Waals surface area contributed by atoms with Gasteiger partial charge in [-0.15, -0.1) is 34.8 Å². The fourth-order valence-electron chi connectivity index (χ4n) is 2.49. The Morgan fingerprint density at radius 2 is 1.48 bits per heavy atom. The van der Waals surface area contributed by atoms with E-state index in [0.29, 0.717) is 0 Å². The fraction of sp³-hybridized carbons (Fsp3) is 0.833. The molecule has 0 radical (unpaired) electrons. The second kappa shape index (κ2) is 15.6. The predicted molar refractivity (Wildman–Crippen MR) is 102 cm³/mol. The molecule has 23 heavy (non-hydrogen) atoms. The molecule has 0 heterocycles. The molecule has 136 valence electrons. The topological polar surface area (TPSA) is 37.3 Å². The first-order chi connectivity index (χ1) is 11.0. The average Bonchev–Trinajstić information content (AvgIpc) is 2.45. The van der Waals surface area contributed by atoms with Crippen molar-refractivity contribution in [1.29, 1.82) is 0 Å². The van der Waals surface area contributed by atoms with Gasteiger partial charge in [0.25, 0.3) is 0 Å². The van der Waals surface area contributed by atoms with Crippen molar-refractivity contribution in [2.24, 2.45) is 0 Å². The summed E-state index contributed by atoms with van der Waals surface area (Å²) in [6.45, 7) is 2.19. The van der Waals surface area contributed by atoms with E-state index in [9.17, 15) is 4.79 Å². The average molecular weight is 386 g/mol. The number of alkyl halides is 3. The Labute approximate surface area is 156 Å². The van der Waals surface area contributed by atoms with Crippen LogP contribution >= 0.6 is 34.8 Å². The zero-order chi connectivity index (χ0) is 17.5. The Hall–Kier alpha value is 0.0800. The highest BCUT2D eigenvalue weighted by Gasteiger charge is 2.16. The number of carboxylic acid groups (broad SMARTS) is 1. The molecule has 0 aromatic rings. The van der Waals surface area contributed by atoms with E-state index in [1.54, 1.807) is 6.08 Å². The minimum Gasteiger partial charge on any atom is -0.478 e. The Morgan fingerprint density at radius 1 is 0.913 bits per heavy atom. The van der Waals surface area contributed by atoms with Crippen molar-refractivity contribution in [3.05, 3.63) is 12.2 Å². The molecule has 3 unspecified atom stereocenters. The number of halogens is 3. The SMILES string of the molecule is CCCCCC(Cl)CC(Cl)CC(Cl)CCCCCC=CC(=O)O. The van der Waals surface area contributed by atoms with Gasteiger partial charge in [0.1, 0.15) is 0 Å². The van der Waals surface area contributed by atoms with Gasteiger partial charge in [-0.25, -0.2) is 4.79 Å². The summed E-state index contributed by atoms with van der Waals surface area (Å²) in [7, 11) is 0. The molecule has 0 spiro atoms. The van der Waals surface area contributed by atoms with E-state index in [-0.39, 0.29) is 16.1 Å². The Bertz CT molecular complexity index is 321. The van der Waals surface area contributed by atoms with Crippen molar-refractivity contribution in [3.63, 3.8) is 0 Å². The molecule has 0 aliphatic carbocycles. The number of carboxylic acids is 1. The predicted octanol–water partition coefficient (Wildman–Crippen LogP) is 6.76. The highest BCUT2D eigenvalue weighted by molar-refractivity contribution is 6.24. The number of carbonyl (C=O) groups is 1. The quantitative estimate of drug-likeness (QED) is 0.192. The first-order valence-electron chi connectivity index (χ1n) is 8.77. The minimum atomic E-state index is -0.883. The Kier molecular flexibility index (Phi) is 15.7. The summed E-state index contributed by atoms with van der Waals surface area (Å²) >= 11 is 19.0. The number of unbranched alkanes of at least 4 members (excludes halogenated alkanes) is 5. The molecular weight excluding hydrogens is 355 g/mol. The van der Waals surface area contributed by atoms with Gasteiger partial charge < -0.3 is 5.11 Å². The summed E-state index contributed by atoms with van der Waals surface area (Å²) in [6.07, 6.45) is 14.1. The van der Waals surface area contributed by atoms with E-state index >= 15 is 0 Å². The van der Waals surface area contributed by atoms with E-state index < -0.39 is 5.97 Å². The standard InChI is InChI=1S/C18H31Cl3O2/c1-2-3-7-10-15(19)13-17(21)14-16(20)11-8-5-4-6-9-12-18(22)23/h9,12,15-17H,2-8,10-11,13-14H2,1H3,(H,22,23). The lowest BCUT2D eigenvalue weighted by Crippen LogP contribution is -2.14. The summed E-state index contributed by atoms with van der Waals surface area (Å²) in [5.74, 6) is -0.883. The third-order valence-corrected chi connectivity index (χ3v) is 4.94. The fourth-order valence-corrected chi connectivity index (χ4v) is 3.84. The highest BCUT2D eigenvalue weighted by Crippen LogP contribution is 2.24. The lowest BCUT2D eigenvalue weighted by Gasteiger charge is -2.17. The van der Waals surface area contributed by atoms with Gasteiger partial charge in [0, 0.05) is 22.2 Å². The molecule has 0 aromatic carbocycles. The van der Waals surface area contributed by atoms with Gasteiger partial charge in [-0.3, -0.25) is 0 Å². The lowest BCUT2D eigenvalue weighted by molar-refractivity contribution is -0.131. The van der Waals surface area contributed by atoms with Crippen LogP contribution in [-0.4, -0.2) is 27.2 Å². The van der Waals surface area contributed by atoms with Crippen LogP contribution in [-0.2, 0) is 4.79 Å². The van der Waals surface area contributed by atoms with Crippen molar-refractivity contribution in [1.82, 2.24) is 0 Å². The number of aliphatic carboxylic acids is 1. The van der Waals surface area contributed by atoms with Gasteiger partial charge in [-0.05, 0) is 38.5 Å². The lowest BCUT2D eigenvalue weighted by atomic mass is 10.0. The van der Waals surface area contributed by atoms with Crippen molar-refractivity contribution >= 4 is 40.8 Å². The molecule has 0 amide bonds. The smallest absolute Gasteiger partial charge is 0.327 e. The monoisotopic (exact) mass is 384 g/mol. The first kappa shape index (κ1) is 23.1. The van der Waals surface area contributed by atoms with Gasteiger partial charge >= 0.3 is 5.97 Å². The van der Waals surface area contributed by atoms with Crippen LogP contribution in [0, 0.1) is 0 Å². The van der Waals surface area contributed by atoms with Crippen LogP contribution in [0.25, 0.3) is 0 Å². The maximum atomic E-state index is 10.3. The first-order valence-corrected chi connectivity index (χ1v) is 10.1. The van der Waals surface area contributed by atoms with Crippen LogP contribution in [0.5, 0.6) is 0 Å². The van der Waals surface area contributed by atoms with Gasteiger partial charge in [-0.1, -0.05) is 45.1 Å². The molecule has 5 heteroatoms. The summed E-state index contributed by atoms with van der Waals surface area (Å²) in [4.78, 5) is 10.3. The molecule has 0 aliphatic heterocycles. The van der Waals surface area contributed by atoms with Crippen molar-refractivity contribution in [3.8, 4) is 0 Å². The molecule has 0 saturated carbocycles. The summed E-state index contributed by atoms with van der Waals surface area (Å²) in [5.41, 5.74) is 0. The summed E-state index contributed by atoms with van der Waals surface area (Å²) in [6, 6.07) is 0. The van der Waals surface area contributed by atoms with E-state index in [4.69, 9.17) is 39.9 Å². The van der Waals surface area contributed by atoms with Crippen LogP contribution in [0.2, 0.25) is 0 Å². The molecule has 1 N–H and O–H groups in total. The van der Waals surface area contributed by atoms with E-state index in [2.05, 4.69) is 6.92 Å². The van der Waals surface area contributed by atoms with Crippen molar-refractivity contribution in [2.75, 3.05) is 0 Å². The number of hydrogen-bond donors (Lipinski definition) is 1. The van der Waals surface area contributed by atoms with Crippen molar-refractivity contribution < 1.29 is 9.90 Å². The maximum Gasteiger partial charge on any atom is 0.327 e. The Balaban J connectivity index is 3.60. The van der Waals surface area contributed by atoms with Gasteiger partial charge in [0.15, 0.2) is 0 Å². The van der Waals surface area contributed by atoms with Crippen LogP contribution in [0.15, 0.2) is 12.2 Å². The van der Waals surface area contributed by atoms with Crippen LogP contribution in [0.3, 0.4) is 0 Å². The van der Waals surface area contributed by atoms with Crippen LogP contribution in [0.1, 0.15) is 77.6 Å². The normalized spacial score (nSPS) is 15.7. The van der Waals surface area contributed by atoms with Crippen LogP contribution in [0.4, 0.5) is 0 Å². The van der Waals surface area contributed by atoms with Gasteiger partial charge in [0.2, 0.25) is 0 Å². The van der Waals surface area contributed by atoms with E-state index in [1.165, 1.54) is 25.3 Å². The number of rotatable bonds is 15. The summed E-state index contributed by atoms with van der Waals surface area (Å²) in [5, 5.41) is 8.79. The molecule has 2 nitrogen and oxygen atoms in total. The van der Waals surface area contributed by atoms with Gasteiger partial charge in [0.05, 0.1) is 0 Å². The largest absolute Gasteiger partial charge is 0.478 e. The molecular formula is C18H31Cl3O2. The second-order valence-electron chi connectivity index (χ2n) is 6.14. The van der Waals surface area contributed by atoms with E-state index in [1.807, 2.05) is 0 Å². The number of allylic oxidation sites excluding steroid dienone is 1. The molecule has 0 aromatic heterocycles. The zero-order valence-corrected chi connectivity index (χ0v) is 16.4. The van der Waals surface area contributed by atoms with Crippen molar-refractivity contribution in [2.45, 2.75) is 93.7 Å². The third kappa shape index (κ3) is 16.7. The molecule has 0 rings (SSSR count). The zero-order valence-electron chi connectivity index (χ0n) is 14.2. The summed E-state index contributed by atoms with van der Waals surface area (Å²) < 4.78 is 0. The van der Waals surface area contributed by atoms with Gasteiger partial charge in [-0.2, -0.15) is 0 Å². The molecule has 0 fully saturated rings. The molecule has 0 aliphatic rings. The number of hydrogen-bond acceptors (Lipinski definition) is 1. The highest BCUT2D eigenvalue weighted by atomic mass is 35.5. The maximum absolute atomic E-state index is 10.3. The molecule has 0 saturated heterocycles. The minimum absolute atomic E-state index is 0.0557. The van der Waals surface area contributed by atoms with E-state index in [0.717, 1.165) is 51.4 Å². The second-order valence-corrected chi connectivity index (χ2v) is 7.99. The van der Waals surface area contributed by atoms with Crippen LogP contribution < -0.4 is 0 Å². The molecule has 0 bridgehead atoms. The molecule has 3 atom stereocenters. The Morgan fingerprint density at radius 3 is 2.00 bits per heavy atom. The third-order valence-electron chi connectivity index (χ3n) is 3.79.